The molecule has 2 saturated heterocycles. The molecule has 1 aromatic rings. The molecule has 21 heavy (non-hydrogen) atoms. The fourth-order valence-electron chi connectivity index (χ4n) is 3.25. The number of hydrogen-bond acceptors (Lipinski definition) is 3. The van der Waals surface area contributed by atoms with E-state index in [1.807, 2.05) is 12.1 Å². The molecule has 0 aliphatic carbocycles. The van der Waals surface area contributed by atoms with Crippen molar-refractivity contribution in [1.29, 1.82) is 0 Å². The lowest BCUT2D eigenvalue weighted by atomic mass is 9.96. The minimum absolute atomic E-state index is 0.0694. The Bertz CT molecular complexity index is 440. The van der Waals surface area contributed by atoms with Crippen LogP contribution in [0.5, 0.6) is 0 Å². The van der Waals surface area contributed by atoms with Gasteiger partial charge in [0, 0.05) is 23.9 Å². The Morgan fingerprint density at radius 2 is 2.00 bits per heavy atom. The molecule has 0 spiro atoms. The summed E-state index contributed by atoms with van der Waals surface area (Å²) in [6, 6.07) is 7.89. The third-order valence-electron chi connectivity index (χ3n) is 4.68. The number of nitrogens with one attached hydrogen (secondary N) is 1. The fraction of sp³-hybridized carbons (Fsp3) is 0.647. The molecule has 2 heterocycles. The molecule has 2 aliphatic rings. The summed E-state index contributed by atoms with van der Waals surface area (Å²) < 4.78 is 13.7. The lowest BCUT2D eigenvalue weighted by Crippen LogP contribution is -2.39. The number of likely N-dealkylation sites (tertiary alicyclic amines) is 1. The second kappa shape index (κ2) is 7.61. The van der Waals surface area contributed by atoms with Crippen molar-refractivity contribution in [3.8, 4) is 0 Å². The van der Waals surface area contributed by atoms with Gasteiger partial charge in [-0.15, -0.1) is 0 Å². The van der Waals surface area contributed by atoms with E-state index in [0.717, 1.165) is 37.2 Å². The number of thioether (sulfide) groups is 1. The summed E-state index contributed by atoms with van der Waals surface area (Å²) in [5.41, 5.74) is 0.831. The molecule has 3 rings (SSSR count). The second-order valence-electron chi connectivity index (χ2n) is 6.28. The predicted octanol–water partition coefficient (Wildman–Crippen LogP) is 3.13. The summed E-state index contributed by atoms with van der Waals surface area (Å²) in [6.45, 7) is 4.12. The van der Waals surface area contributed by atoms with Crippen molar-refractivity contribution < 1.29 is 4.39 Å². The first-order valence-corrected chi connectivity index (χ1v) is 9.23. The highest BCUT2D eigenvalue weighted by molar-refractivity contribution is 7.99. The van der Waals surface area contributed by atoms with Crippen LogP contribution in [0.2, 0.25) is 0 Å². The van der Waals surface area contributed by atoms with Gasteiger partial charge in [-0.25, -0.2) is 4.39 Å². The first kappa shape index (κ1) is 15.3. The van der Waals surface area contributed by atoms with Crippen LogP contribution in [0, 0.1) is 11.7 Å². The number of halogens is 1. The zero-order valence-electron chi connectivity index (χ0n) is 12.6. The Kier molecular flexibility index (Phi) is 5.55. The van der Waals surface area contributed by atoms with E-state index in [9.17, 15) is 4.39 Å². The SMILES string of the molecule is Fc1ccccc1CN1CCC(CN[C@@H]2CCSC2)CC1. The minimum Gasteiger partial charge on any atom is -0.313 e. The molecule has 1 aromatic carbocycles. The number of rotatable bonds is 5. The standard InChI is InChI=1S/C17H25FN2S/c18-17-4-2-1-3-15(17)12-20-8-5-14(6-9-20)11-19-16-7-10-21-13-16/h1-4,14,16,19H,5-13H2/t16-/m1/s1. The molecule has 116 valence electrons. The van der Waals surface area contributed by atoms with Gasteiger partial charge in [-0.1, -0.05) is 18.2 Å². The maximum absolute atomic E-state index is 13.7. The molecule has 2 fully saturated rings. The maximum atomic E-state index is 13.7. The van der Waals surface area contributed by atoms with Gasteiger partial charge < -0.3 is 5.32 Å². The zero-order valence-corrected chi connectivity index (χ0v) is 13.4. The van der Waals surface area contributed by atoms with Gasteiger partial charge in [0.25, 0.3) is 0 Å². The molecule has 0 saturated carbocycles. The minimum atomic E-state index is -0.0694. The molecule has 0 bridgehead atoms. The van der Waals surface area contributed by atoms with Gasteiger partial charge in [0.15, 0.2) is 0 Å². The highest BCUT2D eigenvalue weighted by atomic mass is 32.2. The van der Waals surface area contributed by atoms with Crippen molar-refractivity contribution in [3.05, 3.63) is 35.6 Å². The van der Waals surface area contributed by atoms with Gasteiger partial charge in [0.05, 0.1) is 0 Å². The predicted molar refractivity (Wildman–Crippen MR) is 88.1 cm³/mol. The summed E-state index contributed by atoms with van der Waals surface area (Å²) in [5, 5.41) is 3.73. The van der Waals surface area contributed by atoms with E-state index < -0.39 is 0 Å². The van der Waals surface area contributed by atoms with E-state index in [1.54, 1.807) is 12.1 Å². The topological polar surface area (TPSA) is 15.3 Å². The van der Waals surface area contributed by atoms with Crippen LogP contribution in [0.15, 0.2) is 24.3 Å². The zero-order chi connectivity index (χ0) is 14.5. The van der Waals surface area contributed by atoms with Crippen LogP contribution < -0.4 is 5.32 Å². The van der Waals surface area contributed by atoms with Crippen molar-refractivity contribution in [2.45, 2.75) is 31.8 Å². The van der Waals surface area contributed by atoms with Crippen LogP contribution in [0.1, 0.15) is 24.8 Å². The van der Waals surface area contributed by atoms with Crippen LogP contribution in [0.3, 0.4) is 0 Å². The Balaban J connectivity index is 1.39. The van der Waals surface area contributed by atoms with Gasteiger partial charge in [-0.2, -0.15) is 11.8 Å². The third kappa shape index (κ3) is 4.44. The second-order valence-corrected chi connectivity index (χ2v) is 7.43. The summed E-state index contributed by atoms with van der Waals surface area (Å²) >= 11 is 2.07. The number of nitrogens with zero attached hydrogens (tertiary/aromatic N) is 1. The molecule has 4 heteroatoms. The van der Waals surface area contributed by atoms with Crippen LogP contribution in [0.25, 0.3) is 0 Å². The normalized spacial score (nSPS) is 24.5. The van der Waals surface area contributed by atoms with Crippen molar-refractivity contribution in [2.75, 3.05) is 31.1 Å². The van der Waals surface area contributed by atoms with E-state index in [1.165, 1.54) is 37.3 Å². The maximum Gasteiger partial charge on any atom is 0.127 e. The van der Waals surface area contributed by atoms with E-state index in [2.05, 4.69) is 22.0 Å². The molecular weight excluding hydrogens is 283 g/mol. The van der Waals surface area contributed by atoms with Gasteiger partial charge in [-0.05, 0) is 56.6 Å². The molecular formula is C17H25FN2S. The average Bonchev–Trinajstić information content (AvgIpc) is 3.02. The van der Waals surface area contributed by atoms with Gasteiger partial charge in [0.2, 0.25) is 0 Å². The van der Waals surface area contributed by atoms with Crippen molar-refractivity contribution in [2.24, 2.45) is 5.92 Å². The van der Waals surface area contributed by atoms with Crippen LogP contribution in [-0.2, 0) is 6.54 Å². The van der Waals surface area contributed by atoms with Gasteiger partial charge in [-0.3, -0.25) is 4.90 Å². The van der Waals surface area contributed by atoms with Gasteiger partial charge in [0.1, 0.15) is 5.82 Å². The lowest BCUT2D eigenvalue weighted by molar-refractivity contribution is 0.172. The molecule has 0 aromatic heterocycles. The average molecular weight is 308 g/mol. The largest absolute Gasteiger partial charge is 0.313 e. The Morgan fingerprint density at radius 1 is 1.19 bits per heavy atom. The Labute approximate surface area is 131 Å². The summed E-state index contributed by atoms with van der Waals surface area (Å²) in [4.78, 5) is 2.39. The molecule has 1 N–H and O–H groups in total. The Hall–Kier alpha value is -0.580. The smallest absolute Gasteiger partial charge is 0.127 e. The summed E-state index contributed by atoms with van der Waals surface area (Å²) in [5.74, 6) is 3.33. The van der Waals surface area contributed by atoms with E-state index in [4.69, 9.17) is 0 Å². The highest BCUT2D eigenvalue weighted by Crippen LogP contribution is 2.21. The van der Waals surface area contributed by atoms with Crippen LogP contribution in [0.4, 0.5) is 4.39 Å². The summed E-state index contributed by atoms with van der Waals surface area (Å²) in [7, 11) is 0. The lowest BCUT2D eigenvalue weighted by Gasteiger charge is -2.32. The molecule has 0 unspecified atom stereocenters. The first-order chi connectivity index (χ1) is 10.3. The quantitative estimate of drug-likeness (QED) is 0.900. The van der Waals surface area contributed by atoms with Crippen molar-refractivity contribution in [1.82, 2.24) is 10.2 Å². The number of hydrogen-bond donors (Lipinski definition) is 1. The van der Waals surface area contributed by atoms with Crippen LogP contribution >= 0.6 is 11.8 Å². The molecule has 1 atom stereocenters. The molecule has 0 radical (unpaired) electrons. The Morgan fingerprint density at radius 3 is 2.71 bits per heavy atom. The highest BCUT2D eigenvalue weighted by Gasteiger charge is 2.22. The first-order valence-electron chi connectivity index (χ1n) is 8.08. The van der Waals surface area contributed by atoms with Gasteiger partial charge >= 0.3 is 0 Å². The molecule has 2 aliphatic heterocycles. The monoisotopic (exact) mass is 308 g/mol. The van der Waals surface area contributed by atoms with Crippen molar-refractivity contribution >= 4 is 11.8 Å². The van der Waals surface area contributed by atoms with Crippen molar-refractivity contribution in [3.63, 3.8) is 0 Å². The van der Waals surface area contributed by atoms with E-state index in [-0.39, 0.29) is 5.82 Å². The summed E-state index contributed by atoms with van der Waals surface area (Å²) in [6.07, 6.45) is 3.80. The molecule has 2 nitrogen and oxygen atoms in total. The molecule has 0 amide bonds. The number of piperidine rings is 1. The van der Waals surface area contributed by atoms with E-state index >= 15 is 0 Å². The third-order valence-corrected chi connectivity index (χ3v) is 5.85. The van der Waals surface area contributed by atoms with Crippen LogP contribution in [-0.4, -0.2) is 42.1 Å². The fourth-order valence-corrected chi connectivity index (χ4v) is 4.43. The number of benzene rings is 1. The van der Waals surface area contributed by atoms with E-state index in [0.29, 0.717) is 0 Å².